The number of phenols is 1. The molecule has 1 aromatic heterocycles. The zero-order chi connectivity index (χ0) is 35.5. The lowest BCUT2D eigenvalue weighted by Crippen LogP contribution is -2.44. The molecule has 0 radical (unpaired) electrons. The van der Waals surface area contributed by atoms with Gasteiger partial charge in [0.25, 0.3) is 0 Å². The average molecular weight is 689 g/mol. The normalized spacial score (nSPS) is 13.8. The van der Waals surface area contributed by atoms with Crippen molar-refractivity contribution in [2.75, 3.05) is 13.7 Å². The van der Waals surface area contributed by atoms with E-state index < -0.39 is 29.6 Å². The minimum Gasteiger partial charge on any atom is -0.507 e. The number of ether oxygens (including phenoxy) is 3. The molecule has 0 aliphatic heterocycles. The highest BCUT2D eigenvalue weighted by atomic mass is 32.1. The number of aliphatic hydroxyl groups is 1. The quantitative estimate of drug-likeness (QED) is 0.0528. The van der Waals surface area contributed by atoms with Crippen molar-refractivity contribution in [1.29, 1.82) is 0 Å². The maximum atomic E-state index is 13.8. The summed E-state index contributed by atoms with van der Waals surface area (Å²) in [6, 6.07) is 10.0. The first-order valence-corrected chi connectivity index (χ1v) is 16.4. The van der Waals surface area contributed by atoms with E-state index >= 15 is 0 Å². The smallest absolute Gasteiger partial charge is 0.507 e. The number of thiocarbonyl (C=S) groups is 1. The third kappa shape index (κ3) is 9.33. The number of aliphatic hydroxyl groups excluding tert-OH is 1. The Bertz CT molecular complexity index is 1940. The van der Waals surface area contributed by atoms with Crippen LogP contribution in [-0.2, 0) is 6.42 Å². The van der Waals surface area contributed by atoms with Gasteiger partial charge in [0.05, 0.1) is 36.2 Å². The molecule has 1 aliphatic rings. The summed E-state index contributed by atoms with van der Waals surface area (Å²) in [5.41, 5.74) is 0.750. The molecule has 0 fully saturated rings. The van der Waals surface area contributed by atoms with Crippen molar-refractivity contribution in [3.8, 4) is 23.2 Å². The third-order valence-corrected chi connectivity index (χ3v) is 8.26. The van der Waals surface area contributed by atoms with Crippen LogP contribution in [0.5, 0.6) is 23.2 Å². The van der Waals surface area contributed by atoms with E-state index in [2.05, 4.69) is 0 Å². The van der Waals surface area contributed by atoms with Crippen LogP contribution in [0.3, 0.4) is 0 Å². The van der Waals surface area contributed by atoms with Gasteiger partial charge in [0.15, 0.2) is 11.2 Å². The third-order valence-electron chi connectivity index (χ3n) is 7.97. The van der Waals surface area contributed by atoms with Crippen molar-refractivity contribution in [2.45, 2.75) is 64.4 Å². The van der Waals surface area contributed by atoms with Crippen LogP contribution in [0.25, 0.3) is 12.2 Å². The van der Waals surface area contributed by atoms with E-state index in [1.165, 1.54) is 20.1 Å². The molecule has 0 amide bonds. The molecule has 0 spiro atoms. The number of unbranched alkanes of at least 4 members (excludes halogenated alkanes) is 2. The maximum absolute atomic E-state index is 13.8. The highest BCUT2D eigenvalue weighted by molar-refractivity contribution is 7.81. The number of ketones is 1. The fourth-order valence-corrected chi connectivity index (χ4v) is 5.73. The van der Waals surface area contributed by atoms with Crippen LogP contribution in [0.2, 0.25) is 0 Å². The number of aromatic hydroxyl groups is 1. The monoisotopic (exact) mass is 688 g/mol. The van der Waals surface area contributed by atoms with Crippen LogP contribution in [0.15, 0.2) is 69.9 Å². The van der Waals surface area contributed by atoms with Crippen molar-refractivity contribution in [3.63, 3.8) is 0 Å². The molecule has 10 nitrogen and oxygen atoms in total. The van der Waals surface area contributed by atoms with Gasteiger partial charge in [-0.1, -0.05) is 68.1 Å². The van der Waals surface area contributed by atoms with E-state index in [1.807, 2.05) is 13.0 Å². The van der Waals surface area contributed by atoms with Gasteiger partial charge in [0.2, 0.25) is 0 Å². The molecule has 258 valence electrons. The summed E-state index contributed by atoms with van der Waals surface area (Å²) < 4.78 is 22.0. The number of benzene rings is 2. The number of rotatable bonds is 16. The fraction of sp³-hybridized carbons (Fsp3) is 0.316. The Morgan fingerprint density at radius 3 is 2.65 bits per heavy atom. The number of hydrogen-bond donors (Lipinski definition) is 3. The van der Waals surface area contributed by atoms with Crippen molar-refractivity contribution < 1.29 is 43.5 Å². The second kappa shape index (κ2) is 17.4. The number of carbonyl (C=O) groups is 2. The van der Waals surface area contributed by atoms with Crippen LogP contribution < -0.4 is 30.3 Å². The Balaban J connectivity index is 1.52. The number of hydrogen-bond acceptors (Lipinski definition) is 10. The average Bonchev–Trinajstić information content (AvgIpc) is 3.07. The van der Waals surface area contributed by atoms with Crippen LogP contribution in [0, 0.1) is 0 Å². The highest BCUT2D eigenvalue weighted by Crippen LogP contribution is 2.36. The lowest BCUT2D eigenvalue weighted by Gasteiger charge is -2.22. The molecule has 11 heteroatoms. The zero-order valence-electron chi connectivity index (χ0n) is 27.6. The molecule has 3 N–H and O–H groups in total. The molecule has 1 heterocycles. The predicted molar refractivity (Wildman–Crippen MR) is 189 cm³/mol. The molecular formula is C38H40O10S. The lowest BCUT2D eigenvalue weighted by molar-refractivity contribution is 0.101. The van der Waals surface area contributed by atoms with Gasteiger partial charge in [-0.2, -0.15) is 0 Å². The van der Waals surface area contributed by atoms with Crippen LogP contribution in [-0.4, -0.2) is 45.8 Å². The van der Waals surface area contributed by atoms with Gasteiger partial charge >= 0.3 is 12.1 Å². The molecule has 2 atom stereocenters. The summed E-state index contributed by atoms with van der Waals surface area (Å²) in [6.45, 7) is 3.83. The minimum absolute atomic E-state index is 0.0215. The van der Waals surface area contributed by atoms with E-state index in [-0.39, 0.29) is 33.3 Å². The molecule has 0 saturated carbocycles. The summed E-state index contributed by atoms with van der Waals surface area (Å²) in [6.07, 6.45) is 11.0. The fourth-order valence-electron chi connectivity index (χ4n) is 5.54. The predicted octanol–water partition coefficient (Wildman–Crippen LogP) is 6.08. The molecule has 0 bridgehead atoms. The van der Waals surface area contributed by atoms with Crippen molar-refractivity contribution in [3.05, 3.63) is 104 Å². The van der Waals surface area contributed by atoms with Crippen molar-refractivity contribution in [1.82, 2.24) is 0 Å². The number of methoxy groups -OCH3 is 1. The van der Waals surface area contributed by atoms with E-state index in [1.54, 1.807) is 60.7 Å². The SMILES string of the molecule is CCCc1c(OCCCC/C=C\C=C\[C@@H](c2c(OC(=O)O)oc3c(c2=O)=CCC(=S)C=3)[C@@H](O)c2cccc(OC)c2)ccc(C(C)=O)c1O. The first-order chi connectivity index (χ1) is 23.5. The number of fused-ring (bicyclic) bond motifs is 1. The highest BCUT2D eigenvalue weighted by Gasteiger charge is 2.30. The van der Waals surface area contributed by atoms with Crippen LogP contribution in [0.4, 0.5) is 4.79 Å². The van der Waals surface area contributed by atoms with Crippen molar-refractivity contribution >= 4 is 41.2 Å². The summed E-state index contributed by atoms with van der Waals surface area (Å²) in [5, 5.41) is 31.8. The van der Waals surface area contributed by atoms with E-state index in [4.69, 9.17) is 30.8 Å². The van der Waals surface area contributed by atoms with Gasteiger partial charge in [-0.05, 0) is 68.5 Å². The van der Waals surface area contributed by atoms with Crippen LogP contribution in [0.1, 0.15) is 85.0 Å². The van der Waals surface area contributed by atoms with E-state index in [0.29, 0.717) is 53.4 Å². The lowest BCUT2D eigenvalue weighted by atomic mass is 9.88. The Morgan fingerprint density at radius 1 is 1.14 bits per heavy atom. The summed E-state index contributed by atoms with van der Waals surface area (Å²) in [7, 11) is 1.49. The number of Topliss-reactive ketones (excluding diaryl/α,β-unsaturated/α-hetero) is 1. The molecule has 0 unspecified atom stereocenters. The molecule has 4 rings (SSSR count). The van der Waals surface area contributed by atoms with Crippen molar-refractivity contribution in [2.24, 2.45) is 0 Å². The maximum Gasteiger partial charge on any atom is 0.513 e. The summed E-state index contributed by atoms with van der Waals surface area (Å²) in [4.78, 5) is 37.8. The van der Waals surface area contributed by atoms with Gasteiger partial charge in [0.1, 0.15) is 22.7 Å². The number of carbonyl (C=O) groups excluding carboxylic acids is 1. The topological polar surface area (TPSA) is 153 Å². The Morgan fingerprint density at radius 2 is 1.94 bits per heavy atom. The van der Waals surface area contributed by atoms with Gasteiger partial charge in [0, 0.05) is 22.8 Å². The summed E-state index contributed by atoms with van der Waals surface area (Å²) in [5.74, 6) is -0.772. The summed E-state index contributed by atoms with van der Waals surface area (Å²) >= 11 is 5.24. The Hall–Kier alpha value is -5.00. The minimum atomic E-state index is -1.68. The van der Waals surface area contributed by atoms with Gasteiger partial charge in [-0.25, -0.2) is 4.79 Å². The molecule has 2 aromatic carbocycles. The second-order valence-electron chi connectivity index (χ2n) is 11.4. The van der Waals surface area contributed by atoms with E-state index in [9.17, 15) is 29.7 Å². The number of carboxylic acid groups (broad SMARTS) is 1. The molecular weight excluding hydrogens is 648 g/mol. The van der Waals surface area contributed by atoms with Crippen LogP contribution >= 0.6 is 12.2 Å². The van der Waals surface area contributed by atoms with Gasteiger partial charge in [-0.3, -0.25) is 9.59 Å². The zero-order valence-corrected chi connectivity index (χ0v) is 28.5. The number of allylic oxidation sites excluding steroid dienone is 3. The molecule has 0 saturated heterocycles. The standard InChI is InChI=1S/C38H40O10S/c1-4-12-28-31(19-18-27(23(2)39)35(28)41)46-20-10-8-6-5-7-9-15-30(34(40)24-13-11-14-25(21-24)45-3)33-36(42)29-17-16-26(49)22-32(29)47-37(33)48-38(43)44/h5,7,9,11,13-15,17-19,21-22,30,34,40-41H,4,6,8,10,12,16,20H2,1-3H3,(H,43,44)/b7-5-,15-9+/t30-,34-/m0/s1. The first kappa shape index (κ1) is 36.8. The van der Waals surface area contributed by atoms with E-state index in [0.717, 1.165) is 19.3 Å². The number of phenolic OH excluding ortho intramolecular Hbond substituents is 1. The first-order valence-electron chi connectivity index (χ1n) is 16.0. The second-order valence-corrected chi connectivity index (χ2v) is 12.0. The molecule has 3 aromatic rings. The molecule has 1 aliphatic carbocycles. The molecule has 49 heavy (non-hydrogen) atoms. The van der Waals surface area contributed by atoms with Gasteiger partial charge in [-0.15, -0.1) is 0 Å². The largest absolute Gasteiger partial charge is 0.513 e. The Labute approximate surface area is 289 Å². The Kier molecular flexibility index (Phi) is 13.1. The van der Waals surface area contributed by atoms with Gasteiger partial charge < -0.3 is 33.9 Å².